The number of nitrogens with zero attached hydrogens (tertiary/aromatic N) is 2. The van der Waals surface area contributed by atoms with Crippen molar-refractivity contribution >= 4 is 11.6 Å². The zero-order chi connectivity index (χ0) is 14.7. The number of hydrogen-bond donors (Lipinski definition) is 1. The molecule has 108 valence electrons. The topological polar surface area (TPSA) is 74.2 Å². The Morgan fingerprint density at radius 1 is 1.40 bits per heavy atom. The molecule has 1 unspecified atom stereocenters. The standard InChI is InChI=1S/C14H18ClN3O2/c1-8(2)19-7-12(16)13-17-14(20-18-13)10-5-4-6-11(15)9(10)3/h4-6,8,12H,7,16H2,1-3H3. The molecular formula is C14H18ClN3O2. The third kappa shape index (κ3) is 3.36. The lowest BCUT2D eigenvalue weighted by molar-refractivity contribution is 0.0665. The average molecular weight is 296 g/mol. The largest absolute Gasteiger partial charge is 0.377 e. The minimum atomic E-state index is -0.408. The number of ether oxygens (including phenoxy) is 1. The first-order valence-corrected chi connectivity index (χ1v) is 6.83. The van der Waals surface area contributed by atoms with Crippen molar-refractivity contribution in [3.05, 3.63) is 34.6 Å². The van der Waals surface area contributed by atoms with E-state index in [4.69, 9.17) is 26.6 Å². The van der Waals surface area contributed by atoms with Crippen LogP contribution in [0, 0.1) is 6.92 Å². The van der Waals surface area contributed by atoms with Crippen LogP contribution in [0.15, 0.2) is 22.7 Å². The van der Waals surface area contributed by atoms with Gasteiger partial charge in [-0.1, -0.05) is 22.8 Å². The fourth-order valence-corrected chi connectivity index (χ4v) is 1.88. The van der Waals surface area contributed by atoms with E-state index in [1.807, 2.05) is 39.0 Å². The molecule has 1 aromatic heterocycles. The van der Waals surface area contributed by atoms with E-state index in [-0.39, 0.29) is 6.10 Å². The lowest BCUT2D eigenvalue weighted by Crippen LogP contribution is -2.20. The number of rotatable bonds is 5. The fraction of sp³-hybridized carbons (Fsp3) is 0.429. The molecule has 0 radical (unpaired) electrons. The summed E-state index contributed by atoms with van der Waals surface area (Å²) in [6, 6.07) is 5.14. The molecular weight excluding hydrogens is 278 g/mol. The number of hydrogen-bond acceptors (Lipinski definition) is 5. The molecule has 6 heteroatoms. The van der Waals surface area contributed by atoms with Gasteiger partial charge in [-0.15, -0.1) is 0 Å². The molecule has 0 bridgehead atoms. The molecule has 1 aromatic carbocycles. The third-order valence-corrected chi connectivity index (χ3v) is 3.29. The Kier molecular flexibility index (Phi) is 4.75. The summed E-state index contributed by atoms with van der Waals surface area (Å²) in [6.45, 7) is 6.15. The van der Waals surface area contributed by atoms with Crippen LogP contribution < -0.4 is 5.73 Å². The first kappa shape index (κ1) is 15.0. The van der Waals surface area contributed by atoms with Gasteiger partial charge in [0.15, 0.2) is 5.82 Å². The van der Waals surface area contributed by atoms with Gasteiger partial charge in [0.25, 0.3) is 5.89 Å². The molecule has 0 saturated heterocycles. The van der Waals surface area contributed by atoms with Crippen LogP contribution in [0.5, 0.6) is 0 Å². The van der Waals surface area contributed by atoms with Gasteiger partial charge in [-0.25, -0.2) is 0 Å². The van der Waals surface area contributed by atoms with E-state index in [0.29, 0.717) is 23.3 Å². The molecule has 20 heavy (non-hydrogen) atoms. The molecule has 2 rings (SSSR count). The molecule has 0 fully saturated rings. The quantitative estimate of drug-likeness (QED) is 0.917. The Morgan fingerprint density at radius 3 is 2.85 bits per heavy atom. The molecule has 0 aliphatic heterocycles. The van der Waals surface area contributed by atoms with E-state index in [0.717, 1.165) is 11.1 Å². The van der Waals surface area contributed by atoms with Crippen molar-refractivity contribution in [3.8, 4) is 11.5 Å². The minimum absolute atomic E-state index is 0.114. The van der Waals surface area contributed by atoms with Gasteiger partial charge in [-0.2, -0.15) is 4.98 Å². The van der Waals surface area contributed by atoms with Crippen molar-refractivity contribution in [3.63, 3.8) is 0 Å². The van der Waals surface area contributed by atoms with E-state index >= 15 is 0 Å². The van der Waals surface area contributed by atoms with Gasteiger partial charge in [0.05, 0.1) is 18.8 Å². The van der Waals surface area contributed by atoms with Gasteiger partial charge >= 0.3 is 0 Å². The van der Waals surface area contributed by atoms with Gasteiger partial charge in [0.2, 0.25) is 0 Å². The van der Waals surface area contributed by atoms with Crippen LogP contribution in [0.4, 0.5) is 0 Å². The number of halogens is 1. The Bertz CT molecular complexity index is 584. The summed E-state index contributed by atoms with van der Waals surface area (Å²) in [7, 11) is 0. The minimum Gasteiger partial charge on any atom is -0.377 e. The second-order valence-corrected chi connectivity index (χ2v) is 5.27. The van der Waals surface area contributed by atoms with Crippen LogP contribution in [-0.4, -0.2) is 22.9 Å². The van der Waals surface area contributed by atoms with Crippen molar-refractivity contribution in [1.29, 1.82) is 0 Å². The third-order valence-electron chi connectivity index (χ3n) is 2.88. The van der Waals surface area contributed by atoms with E-state index in [1.165, 1.54) is 0 Å². The summed E-state index contributed by atoms with van der Waals surface area (Å²) >= 11 is 6.08. The Labute approximate surface area is 123 Å². The monoisotopic (exact) mass is 295 g/mol. The molecule has 0 amide bonds. The molecule has 2 aromatic rings. The Balaban J connectivity index is 2.18. The van der Waals surface area contributed by atoms with E-state index in [2.05, 4.69) is 10.1 Å². The molecule has 0 aliphatic carbocycles. The van der Waals surface area contributed by atoms with Crippen LogP contribution in [0.2, 0.25) is 5.02 Å². The highest BCUT2D eigenvalue weighted by atomic mass is 35.5. The van der Waals surface area contributed by atoms with Gasteiger partial charge in [-0.05, 0) is 38.5 Å². The molecule has 5 nitrogen and oxygen atoms in total. The summed E-state index contributed by atoms with van der Waals surface area (Å²) in [5, 5.41) is 4.57. The number of nitrogens with two attached hydrogens (primary N) is 1. The second kappa shape index (κ2) is 6.35. The first-order valence-electron chi connectivity index (χ1n) is 6.45. The van der Waals surface area contributed by atoms with Gasteiger partial charge < -0.3 is 15.0 Å². The lowest BCUT2D eigenvalue weighted by Gasteiger charge is -2.10. The van der Waals surface area contributed by atoms with Crippen LogP contribution in [-0.2, 0) is 4.74 Å². The van der Waals surface area contributed by atoms with Crippen LogP contribution in [0.25, 0.3) is 11.5 Å². The summed E-state index contributed by atoms with van der Waals surface area (Å²) < 4.78 is 10.7. The number of benzene rings is 1. The van der Waals surface area contributed by atoms with E-state index < -0.39 is 6.04 Å². The van der Waals surface area contributed by atoms with Crippen LogP contribution in [0.1, 0.15) is 31.3 Å². The molecule has 2 N–H and O–H groups in total. The normalized spacial score (nSPS) is 12.9. The van der Waals surface area contributed by atoms with E-state index in [1.54, 1.807) is 0 Å². The summed E-state index contributed by atoms with van der Waals surface area (Å²) in [4.78, 5) is 4.32. The maximum atomic E-state index is 6.08. The number of aromatic nitrogens is 2. The summed E-state index contributed by atoms with van der Waals surface area (Å²) in [5.41, 5.74) is 7.68. The summed E-state index contributed by atoms with van der Waals surface area (Å²) in [5.74, 6) is 0.847. The zero-order valence-corrected chi connectivity index (χ0v) is 12.5. The van der Waals surface area contributed by atoms with Crippen molar-refractivity contribution in [1.82, 2.24) is 10.1 Å². The summed E-state index contributed by atoms with van der Waals surface area (Å²) in [6.07, 6.45) is 0.114. The molecule has 0 aliphatic rings. The SMILES string of the molecule is Cc1c(Cl)cccc1-c1nc(C(N)COC(C)C)no1. The molecule has 0 saturated carbocycles. The maximum Gasteiger partial charge on any atom is 0.258 e. The predicted molar refractivity (Wildman–Crippen MR) is 77.5 cm³/mol. The smallest absolute Gasteiger partial charge is 0.258 e. The molecule has 0 spiro atoms. The van der Waals surface area contributed by atoms with Gasteiger partial charge in [0.1, 0.15) is 0 Å². The predicted octanol–water partition coefficient (Wildman–Crippen LogP) is 3.12. The van der Waals surface area contributed by atoms with Gasteiger partial charge in [-0.3, -0.25) is 0 Å². The lowest BCUT2D eigenvalue weighted by atomic mass is 10.1. The van der Waals surface area contributed by atoms with Crippen molar-refractivity contribution in [2.75, 3.05) is 6.61 Å². The maximum absolute atomic E-state index is 6.08. The highest BCUT2D eigenvalue weighted by Crippen LogP contribution is 2.27. The average Bonchev–Trinajstić information content (AvgIpc) is 2.88. The van der Waals surface area contributed by atoms with Crippen LogP contribution in [0.3, 0.4) is 0 Å². The van der Waals surface area contributed by atoms with Gasteiger partial charge in [0, 0.05) is 10.6 Å². The van der Waals surface area contributed by atoms with Crippen molar-refractivity contribution < 1.29 is 9.26 Å². The molecule has 1 atom stereocenters. The van der Waals surface area contributed by atoms with Crippen molar-refractivity contribution in [2.24, 2.45) is 5.73 Å². The second-order valence-electron chi connectivity index (χ2n) is 4.86. The fourth-order valence-electron chi connectivity index (χ4n) is 1.70. The highest BCUT2D eigenvalue weighted by molar-refractivity contribution is 6.31. The highest BCUT2D eigenvalue weighted by Gasteiger charge is 2.17. The zero-order valence-electron chi connectivity index (χ0n) is 11.8. The van der Waals surface area contributed by atoms with E-state index in [9.17, 15) is 0 Å². The Morgan fingerprint density at radius 2 is 2.15 bits per heavy atom. The van der Waals surface area contributed by atoms with Crippen LogP contribution >= 0.6 is 11.6 Å². The first-order chi connectivity index (χ1) is 9.49. The molecule has 1 heterocycles. The van der Waals surface area contributed by atoms with Crippen molar-refractivity contribution in [2.45, 2.75) is 32.9 Å². The Hall–Kier alpha value is -1.43.